The first-order valence-electron chi connectivity index (χ1n) is 4.48. The summed E-state index contributed by atoms with van der Waals surface area (Å²) in [5.41, 5.74) is 0. The maximum atomic E-state index is 11.3. The largest absolute Gasteiger partial charge is 0.469 e. The lowest BCUT2D eigenvalue weighted by molar-refractivity contribution is -0.145. The molecule has 0 aliphatic heterocycles. The number of hydrogen-bond donors (Lipinski definition) is 0. The summed E-state index contributed by atoms with van der Waals surface area (Å²) < 4.78 is 4.56. The minimum atomic E-state index is -0.301. The second-order valence-electron chi connectivity index (χ2n) is 3.14. The molecular weight excluding hydrogens is 182 g/mol. The highest BCUT2D eigenvalue weighted by atomic mass is 16.5. The highest BCUT2D eigenvalue weighted by Crippen LogP contribution is 2.01. The van der Waals surface area contributed by atoms with Crippen molar-refractivity contribution in [2.75, 3.05) is 20.7 Å². The third kappa shape index (κ3) is 4.07. The van der Waals surface area contributed by atoms with Gasteiger partial charge in [0.2, 0.25) is 5.91 Å². The van der Waals surface area contributed by atoms with E-state index < -0.39 is 0 Å². The Bertz CT molecular complexity index is 236. The molecule has 0 heterocycles. The molecule has 0 aromatic heterocycles. The zero-order valence-electron chi connectivity index (χ0n) is 9.11. The van der Waals surface area contributed by atoms with Gasteiger partial charge in [0.25, 0.3) is 0 Å². The van der Waals surface area contributed by atoms with Crippen molar-refractivity contribution in [2.24, 2.45) is 5.92 Å². The van der Waals surface area contributed by atoms with Crippen molar-refractivity contribution >= 4 is 11.9 Å². The lowest BCUT2D eigenvalue weighted by Gasteiger charge is -2.18. The van der Waals surface area contributed by atoms with Crippen LogP contribution in [0, 0.1) is 5.92 Å². The van der Waals surface area contributed by atoms with E-state index in [2.05, 4.69) is 4.74 Å². The van der Waals surface area contributed by atoms with Gasteiger partial charge in [0, 0.05) is 13.6 Å². The highest BCUT2D eigenvalue weighted by molar-refractivity contribution is 5.87. The summed E-state index contributed by atoms with van der Waals surface area (Å²) in [6.07, 6.45) is 3.13. The van der Waals surface area contributed by atoms with E-state index in [1.165, 1.54) is 18.1 Å². The second kappa shape index (κ2) is 6.18. The molecule has 0 spiro atoms. The number of esters is 1. The Balaban J connectivity index is 4.11. The van der Waals surface area contributed by atoms with Gasteiger partial charge in [-0.3, -0.25) is 9.59 Å². The van der Waals surface area contributed by atoms with Gasteiger partial charge < -0.3 is 9.64 Å². The zero-order valence-corrected chi connectivity index (χ0v) is 9.11. The molecule has 0 radical (unpaired) electrons. The van der Waals surface area contributed by atoms with Crippen LogP contribution in [0.5, 0.6) is 0 Å². The summed E-state index contributed by atoms with van der Waals surface area (Å²) in [4.78, 5) is 23.8. The molecule has 1 atom stereocenters. The monoisotopic (exact) mass is 199 g/mol. The highest BCUT2D eigenvalue weighted by Gasteiger charge is 2.16. The van der Waals surface area contributed by atoms with Crippen molar-refractivity contribution in [3.8, 4) is 0 Å². The van der Waals surface area contributed by atoms with E-state index in [9.17, 15) is 9.59 Å². The van der Waals surface area contributed by atoms with Gasteiger partial charge in [-0.05, 0) is 13.0 Å². The number of nitrogens with zero attached hydrogens (tertiary/aromatic N) is 1. The lowest BCUT2D eigenvalue weighted by Crippen LogP contribution is -2.33. The summed E-state index contributed by atoms with van der Waals surface area (Å²) in [6.45, 7) is 3.87. The molecule has 0 saturated carbocycles. The van der Waals surface area contributed by atoms with Crippen LogP contribution in [0.15, 0.2) is 12.2 Å². The molecule has 4 heteroatoms. The molecule has 0 aliphatic rings. The van der Waals surface area contributed by atoms with Gasteiger partial charge in [-0.15, -0.1) is 0 Å². The molecule has 1 amide bonds. The number of carbonyl (C=O) groups excluding carboxylic acids is 2. The SMILES string of the molecule is CC=CC(=O)N(C)CC(C)C(=O)OC. The van der Waals surface area contributed by atoms with E-state index >= 15 is 0 Å². The second-order valence-corrected chi connectivity index (χ2v) is 3.14. The minimum absolute atomic E-state index is 0.108. The van der Waals surface area contributed by atoms with Gasteiger partial charge in [0.05, 0.1) is 13.0 Å². The smallest absolute Gasteiger partial charge is 0.310 e. The molecule has 80 valence electrons. The number of amides is 1. The number of likely N-dealkylation sites (N-methyl/N-ethyl adjacent to an activating group) is 1. The van der Waals surface area contributed by atoms with Gasteiger partial charge in [-0.2, -0.15) is 0 Å². The zero-order chi connectivity index (χ0) is 11.1. The molecule has 0 saturated heterocycles. The van der Waals surface area contributed by atoms with Crippen LogP contribution in [0.25, 0.3) is 0 Å². The Morgan fingerprint density at radius 2 is 2.07 bits per heavy atom. The van der Waals surface area contributed by atoms with E-state index in [4.69, 9.17) is 0 Å². The van der Waals surface area contributed by atoms with Crippen molar-refractivity contribution < 1.29 is 14.3 Å². The Hall–Kier alpha value is -1.32. The fourth-order valence-electron chi connectivity index (χ4n) is 1.05. The van der Waals surface area contributed by atoms with Crippen LogP contribution in [0.3, 0.4) is 0 Å². The van der Waals surface area contributed by atoms with Crippen molar-refractivity contribution in [1.82, 2.24) is 4.90 Å². The van der Waals surface area contributed by atoms with E-state index in [1.54, 1.807) is 27.0 Å². The molecule has 0 bridgehead atoms. The topological polar surface area (TPSA) is 46.6 Å². The lowest BCUT2D eigenvalue weighted by atomic mass is 10.2. The van der Waals surface area contributed by atoms with Gasteiger partial charge in [-0.1, -0.05) is 13.0 Å². The Kier molecular flexibility index (Phi) is 5.60. The van der Waals surface area contributed by atoms with E-state index in [-0.39, 0.29) is 17.8 Å². The van der Waals surface area contributed by atoms with Gasteiger partial charge in [-0.25, -0.2) is 0 Å². The molecule has 0 fully saturated rings. The standard InChI is InChI=1S/C10H17NO3/c1-5-6-9(12)11(3)7-8(2)10(13)14-4/h5-6,8H,7H2,1-4H3. The molecule has 0 aliphatic carbocycles. The molecule has 0 N–H and O–H groups in total. The molecule has 1 unspecified atom stereocenters. The summed E-state index contributed by atoms with van der Waals surface area (Å²) in [5.74, 6) is -0.701. The summed E-state index contributed by atoms with van der Waals surface area (Å²) >= 11 is 0. The molecule has 0 aromatic carbocycles. The predicted molar refractivity (Wildman–Crippen MR) is 53.6 cm³/mol. The fraction of sp³-hybridized carbons (Fsp3) is 0.600. The van der Waals surface area contributed by atoms with E-state index in [0.717, 1.165) is 0 Å². The number of rotatable bonds is 4. The summed E-state index contributed by atoms with van der Waals surface area (Å²) in [6, 6.07) is 0. The van der Waals surface area contributed by atoms with Gasteiger partial charge in [0.1, 0.15) is 0 Å². The van der Waals surface area contributed by atoms with E-state index in [0.29, 0.717) is 6.54 Å². The Morgan fingerprint density at radius 1 is 1.50 bits per heavy atom. The number of hydrogen-bond acceptors (Lipinski definition) is 3. The van der Waals surface area contributed by atoms with Gasteiger partial charge in [0.15, 0.2) is 0 Å². The number of methoxy groups -OCH3 is 1. The predicted octanol–water partition coefficient (Wildman–Crippen LogP) is 0.830. The normalized spacial score (nSPS) is 12.6. The number of allylic oxidation sites excluding steroid dienone is 1. The third-order valence-electron chi connectivity index (χ3n) is 1.84. The molecule has 14 heavy (non-hydrogen) atoms. The Morgan fingerprint density at radius 3 is 2.50 bits per heavy atom. The van der Waals surface area contributed by atoms with Crippen LogP contribution >= 0.6 is 0 Å². The quantitative estimate of drug-likeness (QED) is 0.497. The molecule has 0 rings (SSSR count). The Labute approximate surface area is 84.5 Å². The van der Waals surface area contributed by atoms with Crippen molar-refractivity contribution in [1.29, 1.82) is 0 Å². The van der Waals surface area contributed by atoms with Crippen LogP contribution in [-0.2, 0) is 14.3 Å². The third-order valence-corrected chi connectivity index (χ3v) is 1.84. The van der Waals surface area contributed by atoms with Crippen molar-refractivity contribution in [2.45, 2.75) is 13.8 Å². The maximum absolute atomic E-state index is 11.3. The number of carbonyl (C=O) groups is 2. The van der Waals surface area contributed by atoms with Crippen molar-refractivity contribution in [3.05, 3.63) is 12.2 Å². The molecular formula is C10H17NO3. The summed E-state index contributed by atoms with van der Waals surface area (Å²) in [7, 11) is 2.99. The van der Waals surface area contributed by atoms with Crippen LogP contribution < -0.4 is 0 Å². The van der Waals surface area contributed by atoms with E-state index in [1.807, 2.05) is 0 Å². The minimum Gasteiger partial charge on any atom is -0.469 e. The van der Waals surface area contributed by atoms with Crippen LogP contribution in [-0.4, -0.2) is 37.5 Å². The first kappa shape index (κ1) is 12.7. The molecule has 0 aromatic rings. The van der Waals surface area contributed by atoms with Crippen LogP contribution in [0.2, 0.25) is 0 Å². The molecule has 4 nitrogen and oxygen atoms in total. The first-order chi connectivity index (χ1) is 6.52. The maximum Gasteiger partial charge on any atom is 0.310 e. The first-order valence-corrected chi connectivity index (χ1v) is 4.48. The van der Waals surface area contributed by atoms with Crippen LogP contribution in [0.1, 0.15) is 13.8 Å². The van der Waals surface area contributed by atoms with Crippen LogP contribution in [0.4, 0.5) is 0 Å². The van der Waals surface area contributed by atoms with Crippen molar-refractivity contribution in [3.63, 3.8) is 0 Å². The fourth-order valence-corrected chi connectivity index (χ4v) is 1.05. The average Bonchev–Trinajstić information content (AvgIpc) is 2.16. The number of ether oxygens (including phenoxy) is 1. The van der Waals surface area contributed by atoms with Gasteiger partial charge >= 0.3 is 5.97 Å². The average molecular weight is 199 g/mol. The summed E-state index contributed by atoms with van der Waals surface area (Å²) in [5, 5.41) is 0.